The van der Waals surface area contributed by atoms with Gasteiger partial charge in [-0.1, -0.05) is 35.3 Å². The van der Waals surface area contributed by atoms with Crippen molar-refractivity contribution in [2.45, 2.75) is 91.9 Å². The van der Waals surface area contributed by atoms with E-state index in [4.69, 9.17) is 42.1 Å². The lowest BCUT2D eigenvalue weighted by atomic mass is 9.49. The Balaban J connectivity index is 0.000000186. The van der Waals surface area contributed by atoms with E-state index in [0.717, 1.165) is 38.5 Å². The molecule has 5 aromatic heterocycles. The number of nitrogens with zero attached hydrogens (tertiary/aromatic N) is 10. The topological polar surface area (TPSA) is 279 Å². The Morgan fingerprint density at radius 2 is 1.29 bits per heavy atom. The van der Waals surface area contributed by atoms with Crippen molar-refractivity contribution in [1.29, 1.82) is 0 Å². The summed E-state index contributed by atoms with van der Waals surface area (Å²) in [6.45, 7) is 3.06. The third-order valence-electron chi connectivity index (χ3n) is 13.0. The fourth-order valence-corrected chi connectivity index (χ4v) is 11.7. The maximum atomic E-state index is 13.5. The molecule has 69 heavy (non-hydrogen) atoms. The summed E-state index contributed by atoms with van der Waals surface area (Å²) in [6, 6.07) is 10.1. The molecule has 6 fully saturated rings. The summed E-state index contributed by atoms with van der Waals surface area (Å²) < 4.78 is 79.1. The lowest BCUT2D eigenvalue weighted by Gasteiger charge is -2.62. The van der Waals surface area contributed by atoms with E-state index in [1.54, 1.807) is 32.2 Å². The Kier molecular flexibility index (Phi) is 14.4. The number of aromatic nitrogens is 9. The second-order valence-electron chi connectivity index (χ2n) is 17.5. The van der Waals surface area contributed by atoms with Crippen LogP contribution in [0, 0.1) is 11.8 Å². The molecule has 0 aromatic carbocycles. The maximum absolute atomic E-state index is 13.5. The number of halogens is 2. The first-order valence-corrected chi connectivity index (χ1v) is 25.8. The molecule has 3 N–H and O–H groups in total. The van der Waals surface area contributed by atoms with Crippen LogP contribution in [0.5, 0.6) is 11.8 Å². The Morgan fingerprint density at radius 1 is 0.754 bits per heavy atom. The van der Waals surface area contributed by atoms with Gasteiger partial charge < -0.3 is 23.5 Å². The molecule has 0 unspecified atom stereocenters. The molecule has 1 amide bonds. The number of carbonyl (C=O) groups excluding carboxylic acids is 1. The minimum Gasteiger partial charge on any atom is -0.481 e. The highest BCUT2D eigenvalue weighted by molar-refractivity contribution is 7.91. The number of hydrogen-bond acceptors (Lipinski definition) is 18. The highest BCUT2D eigenvalue weighted by Crippen LogP contribution is 2.63. The van der Waals surface area contributed by atoms with E-state index >= 15 is 0 Å². The number of amides is 1. The van der Waals surface area contributed by atoms with E-state index in [9.17, 15) is 21.6 Å². The van der Waals surface area contributed by atoms with Gasteiger partial charge in [-0.15, -0.1) is 10.2 Å². The number of hydrazine groups is 1. The van der Waals surface area contributed by atoms with Crippen molar-refractivity contribution in [3.63, 3.8) is 0 Å². The molecular weight excluding hydrogens is 978 g/mol. The molecule has 6 saturated carbocycles. The Bertz CT molecular complexity index is 2900. The first-order chi connectivity index (χ1) is 32.9. The predicted octanol–water partition coefficient (Wildman–Crippen LogP) is 4.36. The predicted molar refractivity (Wildman–Crippen MR) is 251 cm³/mol. The molecule has 22 nitrogen and oxygen atoms in total. The molecule has 4 atom stereocenters. The number of sulfonamides is 1. The second-order valence-corrected chi connectivity index (χ2v) is 22.8. The average Bonchev–Trinajstić information content (AvgIpc) is 3.68. The highest BCUT2D eigenvalue weighted by atomic mass is 35.5. The molecule has 11 rings (SSSR count). The van der Waals surface area contributed by atoms with E-state index in [1.165, 1.54) is 59.1 Å². The molecule has 26 heteroatoms. The number of ether oxygens (including phenoxy) is 4. The fourth-order valence-electron chi connectivity index (χ4n) is 8.99. The summed E-state index contributed by atoms with van der Waals surface area (Å²) in [5.74, 6) is 2.42. The Morgan fingerprint density at radius 3 is 1.80 bits per heavy atom. The van der Waals surface area contributed by atoms with Crippen LogP contribution < -0.4 is 25.0 Å². The normalized spacial score (nSPS) is 22.9. The molecule has 0 radical (unpaired) electrons. The van der Waals surface area contributed by atoms with Gasteiger partial charge in [0, 0.05) is 56.7 Å². The molecule has 0 saturated heterocycles. The van der Waals surface area contributed by atoms with Crippen molar-refractivity contribution >= 4 is 54.9 Å². The van der Waals surface area contributed by atoms with Gasteiger partial charge in [0.25, 0.3) is 5.91 Å². The number of guanidine groups is 1. The minimum atomic E-state index is -4.06. The monoisotopic (exact) mass is 1030 g/mol. The van der Waals surface area contributed by atoms with Crippen LogP contribution in [0.1, 0.15) is 92.5 Å². The largest absolute Gasteiger partial charge is 0.481 e. The Hall–Kier alpha value is -5.66. The summed E-state index contributed by atoms with van der Waals surface area (Å²) in [4.78, 5) is 42.2. The number of pyridine rings is 2. The van der Waals surface area contributed by atoms with E-state index in [2.05, 4.69) is 60.7 Å². The molecule has 5 heterocycles. The zero-order valence-corrected chi connectivity index (χ0v) is 41.6. The van der Waals surface area contributed by atoms with Crippen LogP contribution in [-0.2, 0) is 40.6 Å². The standard InChI is InChI=1S/C22H25ClN6O4S.C21H26ClN7O5S/c1-13(19(33-3)20-24-10-15(23)11-25-20)34(30,31)12-17-27-28-21(16-5-4-6-18(26-16)32-2)29(17)22-7-14(8-22)9-22;1-12(17(34-3)18-23-10-14(22)11-24-18)35(31,32)29-20(26-21-7-13(8-21)9-21)28-27-19(30)15-5-4-6-16(25-15)33-2/h4-6,10-11,13-14,19H,7-9,12H2,1-3H3;4-6,10-13,17H,7-9H2,1-3H3,(H,27,30)(H2,26,28,29)/t13-,14?,19-,22?;12-,13?,17-,21?/m00/s1. The second kappa shape index (κ2) is 20.0. The van der Waals surface area contributed by atoms with Gasteiger partial charge in [0.05, 0.1) is 35.1 Å². The molecule has 6 aliphatic rings. The lowest BCUT2D eigenvalue weighted by Crippen LogP contribution is -2.60. The van der Waals surface area contributed by atoms with Crippen LogP contribution in [0.3, 0.4) is 0 Å². The summed E-state index contributed by atoms with van der Waals surface area (Å²) in [5.41, 5.74) is 5.26. The van der Waals surface area contributed by atoms with Gasteiger partial charge in [-0.05, 0) is 76.3 Å². The number of sulfone groups is 1. The summed E-state index contributed by atoms with van der Waals surface area (Å²) in [7, 11) is -1.99. The van der Waals surface area contributed by atoms with Crippen molar-refractivity contribution < 1.29 is 40.6 Å². The van der Waals surface area contributed by atoms with Crippen molar-refractivity contribution in [3.8, 4) is 23.3 Å². The van der Waals surface area contributed by atoms with Gasteiger partial charge in [0.2, 0.25) is 27.7 Å². The van der Waals surface area contributed by atoms with Crippen LogP contribution in [-0.4, -0.2) is 118 Å². The molecule has 6 aliphatic carbocycles. The SMILES string of the molecule is COc1cccc(-c2nnc(CS(=O)(=O)[C@@H](C)[C@H](OC)c3ncc(Cl)cn3)n2C23CC(C2)C3)n1.COc1cccc(C(=O)NNC(=NC23CC(C2)C3)NS(=O)(=O)[C@@H](C)[C@H](OC)c2ncc(Cl)cn2)n1. The highest BCUT2D eigenvalue weighted by Gasteiger charge is 2.60. The van der Waals surface area contributed by atoms with Crippen LogP contribution in [0.2, 0.25) is 10.0 Å². The van der Waals surface area contributed by atoms with E-state index in [0.29, 0.717) is 45.1 Å². The molecule has 368 valence electrons. The summed E-state index contributed by atoms with van der Waals surface area (Å²) in [5, 5.41) is 7.34. The quantitative estimate of drug-likeness (QED) is 0.0663. The van der Waals surface area contributed by atoms with Crippen LogP contribution >= 0.6 is 23.2 Å². The number of hydrogen-bond donors (Lipinski definition) is 3. The first kappa shape index (κ1) is 49.8. The van der Waals surface area contributed by atoms with Crippen LogP contribution in [0.4, 0.5) is 0 Å². The van der Waals surface area contributed by atoms with Gasteiger partial charge in [0.1, 0.15) is 40.4 Å². The molecular formula is C43H51Cl2N13O9S2. The van der Waals surface area contributed by atoms with Gasteiger partial charge in [-0.2, -0.15) is 0 Å². The Labute approximate surface area is 408 Å². The average molecular weight is 1030 g/mol. The number of nitrogens with one attached hydrogen (secondary N) is 3. The van der Waals surface area contributed by atoms with Gasteiger partial charge in [0.15, 0.2) is 27.3 Å². The zero-order chi connectivity index (χ0) is 49.3. The van der Waals surface area contributed by atoms with Gasteiger partial charge in [-0.25, -0.2) is 51.7 Å². The summed E-state index contributed by atoms with van der Waals surface area (Å²) >= 11 is 11.7. The molecule has 0 spiro atoms. The van der Waals surface area contributed by atoms with Crippen LogP contribution in [0.25, 0.3) is 11.5 Å². The van der Waals surface area contributed by atoms with Gasteiger partial charge >= 0.3 is 0 Å². The number of rotatable bonds is 17. The molecule has 5 aromatic rings. The van der Waals surface area contributed by atoms with Crippen molar-refractivity contribution in [2.75, 3.05) is 28.4 Å². The molecule has 4 bridgehead atoms. The zero-order valence-electron chi connectivity index (χ0n) is 38.4. The van der Waals surface area contributed by atoms with E-state index in [-0.39, 0.29) is 46.0 Å². The smallest absolute Gasteiger partial charge is 0.288 e. The number of methoxy groups -OCH3 is 4. The third-order valence-corrected chi connectivity index (χ3v) is 17.1. The number of aliphatic imine (C=N–C) groups is 1. The van der Waals surface area contributed by atoms with E-state index in [1.807, 2.05) is 16.7 Å². The minimum absolute atomic E-state index is 0.0808. The summed E-state index contributed by atoms with van der Waals surface area (Å²) in [6.07, 6.45) is 9.33. The maximum Gasteiger partial charge on any atom is 0.288 e. The van der Waals surface area contributed by atoms with Crippen molar-refractivity contribution in [3.05, 3.63) is 94.4 Å². The third kappa shape index (κ3) is 10.5. The number of carbonyl (C=O) groups is 1. The van der Waals surface area contributed by atoms with Gasteiger partial charge in [-0.3, -0.25) is 20.4 Å². The molecule has 0 aliphatic heterocycles. The van der Waals surface area contributed by atoms with E-state index < -0.39 is 48.5 Å². The first-order valence-electron chi connectivity index (χ1n) is 21.8. The fraction of sp³-hybridized carbons (Fsp3) is 0.488. The van der Waals surface area contributed by atoms with Crippen molar-refractivity contribution in [2.24, 2.45) is 16.8 Å². The van der Waals surface area contributed by atoms with Crippen molar-refractivity contribution in [1.82, 2.24) is 60.2 Å². The van der Waals surface area contributed by atoms with Crippen LogP contribution in [0.15, 0.2) is 66.2 Å². The lowest BCUT2D eigenvalue weighted by molar-refractivity contribution is -0.0893.